The van der Waals surface area contributed by atoms with Crippen molar-refractivity contribution in [2.24, 2.45) is 0 Å². The van der Waals surface area contributed by atoms with E-state index in [1.54, 1.807) is 0 Å². The van der Waals surface area contributed by atoms with E-state index >= 15 is 0 Å². The molecular weight excluding hydrogens is 241 g/mol. The van der Waals surface area contributed by atoms with Gasteiger partial charge in [0.1, 0.15) is 0 Å². The van der Waals surface area contributed by atoms with Gasteiger partial charge in [0.15, 0.2) is 0 Å². The van der Waals surface area contributed by atoms with Crippen molar-refractivity contribution < 1.29 is 4.79 Å². The van der Waals surface area contributed by atoms with Crippen molar-refractivity contribution in [1.82, 2.24) is 0 Å². The second kappa shape index (κ2) is 3.27. The van der Waals surface area contributed by atoms with Crippen LogP contribution in [0.15, 0.2) is 23.1 Å². The topological polar surface area (TPSA) is 17.1 Å². The van der Waals surface area contributed by atoms with E-state index in [1.807, 2.05) is 23.1 Å². The van der Waals surface area contributed by atoms with Gasteiger partial charge in [0, 0.05) is 0 Å². The van der Waals surface area contributed by atoms with E-state index in [0.717, 1.165) is 8.38 Å². The molecular formula is C6H5BrGeO. The number of allylic oxidation sites excluding steroid dienone is 3. The first-order chi connectivity index (χ1) is 4.34. The van der Waals surface area contributed by atoms with E-state index in [1.165, 1.54) is 0 Å². The maximum absolute atomic E-state index is 10.3. The summed E-state index contributed by atoms with van der Waals surface area (Å²) in [5.74, 6) is 0. The van der Waals surface area contributed by atoms with Crippen molar-refractivity contribution >= 4 is 38.2 Å². The average molecular weight is 246 g/mol. The molecule has 0 aromatic heterocycles. The Morgan fingerprint density at radius 2 is 2.33 bits per heavy atom. The molecule has 0 aromatic carbocycles. The van der Waals surface area contributed by atoms with Gasteiger partial charge in [-0.25, -0.2) is 0 Å². The van der Waals surface area contributed by atoms with E-state index in [0.29, 0.717) is 0 Å². The van der Waals surface area contributed by atoms with Crippen molar-refractivity contribution in [1.29, 1.82) is 0 Å². The zero-order chi connectivity index (χ0) is 6.69. The Morgan fingerprint density at radius 3 is 2.78 bits per heavy atom. The first kappa shape index (κ1) is 7.15. The molecule has 0 saturated heterocycles. The molecule has 0 bridgehead atoms. The minimum atomic E-state index is -1.56. The molecule has 0 unspecified atom stereocenters. The molecule has 46 valence electrons. The van der Waals surface area contributed by atoms with Crippen LogP contribution in [-0.4, -0.2) is 22.3 Å². The fraction of sp³-hybridized carbons (Fsp3) is 0. The quantitative estimate of drug-likeness (QED) is 0.498. The Kier molecular flexibility index (Phi) is 2.60. The van der Waals surface area contributed by atoms with Crippen LogP contribution in [0.4, 0.5) is 0 Å². The van der Waals surface area contributed by atoms with Crippen LogP contribution in [0.2, 0.25) is 0 Å². The summed E-state index contributed by atoms with van der Waals surface area (Å²) in [6, 6.07) is 0. The molecule has 1 rings (SSSR count). The van der Waals surface area contributed by atoms with Gasteiger partial charge in [-0.2, -0.15) is 0 Å². The van der Waals surface area contributed by atoms with E-state index < -0.39 is 13.9 Å². The Hall–Kier alpha value is 0.0429. The van der Waals surface area contributed by atoms with Gasteiger partial charge in [-0.3, -0.25) is 0 Å². The van der Waals surface area contributed by atoms with E-state index in [9.17, 15) is 4.79 Å². The monoisotopic (exact) mass is 246 g/mol. The minimum absolute atomic E-state index is 1.07. The molecule has 1 nitrogen and oxygen atoms in total. The molecule has 3 heteroatoms. The molecule has 0 aromatic rings. The molecule has 0 saturated carbocycles. The predicted molar refractivity (Wildman–Crippen MR) is 44.7 cm³/mol. The molecule has 0 atom stereocenters. The van der Waals surface area contributed by atoms with Gasteiger partial charge < -0.3 is 0 Å². The zero-order valence-corrected chi connectivity index (χ0v) is 8.36. The molecule has 1 heterocycles. The SMILES string of the molecule is O=[CH][Ge]1=[C](Br)C=CC=[CH]1. The molecule has 0 aliphatic carbocycles. The van der Waals surface area contributed by atoms with Crippen molar-refractivity contribution in [3.8, 4) is 0 Å². The fourth-order valence-corrected chi connectivity index (χ4v) is 3.90. The predicted octanol–water partition coefficient (Wildman–Crippen LogP) is 1.02. The van der Waals surface area contributed by atoms with Gasteiger partial charge in [-0.1, -0.05) is 0 Å². The van der Waals surface area contributed by atoms with Gasteiger partial charge >= 0.3 is 66.1 Å². The van der Waals surface area contributed by atoms with E-state index in [-0.39, 0.29) is 0 Å². The zero-order valence-electron chi connectivity index (χ0n) is 4.67. The first-order valence-corrected chi connectivity index (χ1v) is 6.81. The molecule has 0 amide bonds. The van der Waals surface area contributed by atoms with Crippen LogP contribution in [0.25, 0.3) is 0 Å². The summed E-state index contributed by atoms with van der Waals surface area (Å²) in [7, 11) is 0. The second-order valence-corrected chi connectivity index (χ2v) is 8.26. The van der Waals surface area contributed by atoms with E-state index in [4.69, 9.17) is 0 Å². The Morgan fingerprint density at radius 1 is 1.56 bits per heavy atom. The van der Waals surface area contributed by atoms with Crippen LogP contribution < -0.4 is 0 Å². The molecule has 0 spiro atoms. The van der Waals surface area contributed by atoms with Crippen molar-refractivity contribution in [3.63, 3.8) is 0 Å². The molecule has 0 N–H and O–H groups in total. The summed E-state index contributed by atoms with van der Waals surface area (Å²) in [6.45, 7) is 0. The van der Waals surface area contributed by atoms with Crippen LogP contribution >= 0.6 is 15.9 Å². The van der Waals surface area contributed by atoms with Gasteiger partial charge in [0.2, 0.25) is 0 Å². The first-order valence-electron chi connectivity index (χ1n) is 2.54. The third-order valence-corrected chi connectivity index (χ3v) is 6.87. The van der Waals surface area contributed by atoms with Crippen LogP contribution in [0.1, 0.15) is 0 Å². The van der Waals surface area contributed by atoms with Crippen LogP contribution in [0.3, 0.4) is 0 Å². The van der Waals surface area contributed by atoms with Crippen LogP contribution in [0, 0.1) is 0 Å². The summed E-state index contributed by atoms with van der Waals surface area (Å²) in [5, 5.41) is 1.07. The third-order valence-electron chi connectivity index (χ3n) is 1.03. The third kappa shape index (κ3) is 1.73. The molecule has 1 aliphatic heterocycles. The summed E-state index contributed by atoms with van der Waals surface area (Å²) in [4.78, 5) is 12.3. The standard InChI is InChI=1S/C6H5BrGeO/c7-6-3-1-2-4-8(6)5-9/h1-5H. The molecule has 9 heavy (non-hydrogen) atoms. The van der Waals surface area contributed by atoms with Gasteiger partial charge in [-0.15, -0.1) is 0 Å². The Labute approximate surface area is 66.2 Å². The average Bonchev–Trinajstić information content (AvgIpc) is 1.89. The summed E-state index contributed by atoms with van der Waals surface area (Å²) in [5.41, 5.74) is 0. The van der Waals surface area contributed by atoms with Crippen molar-refractivity contribution in [2.75, 3.05) is 0 Å². The number of carbonyl (C=O) groups excluding carboxylic acids is 1. The van der Waals surface area contributed by atoms with Gasteiger partial charge in [0.05, 0.1) is 0 Å². The Balaban J connectivity index is 3.01. The Bertz CT molecular complexity index is 215. The maximum atomic E-state index is 10.3. The van der Waals surface area contributed by atoms with E-state index in [2.05, 4.69) is 15.9 Å². The van der Waals surface area contributed by atoms with Crippen LogP contribution in [-0.2, 0) is 4.79 Å². The number of hydrogen-bond acceptors (Lipinski definition) is 1. The molecule has 0 radical (unpaired) electrons. The summed E-state index contributed by atoms with van der Waals surface area (Å²) in [6.07, 6.45) is 5.82. The molecule has 0 fully saturated rings. The second-order valence-electron chi connectivity index (χ2n) is 1.64. The van der Waals surface area contributed by atoms with Crippen LogP contribution in [0.5, 0.6) is 0 Å². The number of rotatable bonds is 1. The number of hydrogen-bond donors (Lipinski definition) is 0. The number of halogens is 1. The fourth-order valence-electron chi connectivity index (χ4n) is 0.571. The van der Waals surface area contributed by atoms with Gasteiger partial charge in [-0.05, 0) is 0 Å². The normalized spacial score (nSPS) is 16.6. The van der Waals surface area contributed by atoms with Crippen molar-refractivity contribution in [2.45, 2.75) is 0 Å². The van der Waals surface area contributed by atoms with Gasteiger partial charge in [0.25, 0.3) is 0 Å². The summed E-state index contributed by atoms with van der Waals surface area (Å²) >= 11 is 1.77. The number of carbonyl (C=O) groups is 1. The summed E-state index contributed by atoms with van der Waals surface area (Å²) < 4.78 is 1.10. The van der Waals surface area contributed by atoms with Crippen molar-refractivity contribution in [3.05, 3.63) is 23.1 Å². The molecule has 1 aliphatic rings.